The van der Waals surface area contributed by atoms with Gasteiger partial charge in [-0.1, -0.05) is 24.8 Å². The average molecular weight is 145 g/mol. The van der Waals surface area contributed by atoms with Crippen molar-refractivity contribution in [2.75, 3.05) is 0 Å². The highest BCUT2D eigenvalue weighted by Crippen LogP contribution is 2.08. The zero-order chi connectivity index (χ0) is 8.10. The zero-order valence-corrected chi connectivity index (χ0v) is 6.62. The lowest BCUT2D eigenvalue weighted by molar-refractivity contribution is 1.27. The van der Waals surface area contributed by atoms with Crippen molar-refractivity contribution in [1.29, 1.82) is 0 Å². The molecule has 1 aromatic heterocycles. The fourth-order valence-electron chi connectivity index (χ4n) is 0.858. The Morgan fingerprint density at radius 1 is 1.55 bits per heavy atom. The van der Waals surface area contributed by atoms with E-state index < -0.39 is 0 Å². The van der Waals surface area contributed by atoms with E-state index in [0.29, 0.717) is 0 Å². The van der Waals surface area contributed by atoms with E-state index in [1.807, 2.05) is 31.2 Å². The van der Waals surface area contributed by atoms with Crippen molar-refractivity contribution < 1.29 is 0 Å². The van der Waals surface area contributed by atoms with Crippen LogP contribution in [0.25, 0.3) is 5.57 Å². The molecule has 0 saturated carbocycles. The summed E-state index contributed by atoms with van der Waals surface area (Å²) in [6.45, 7) is 5.64. The highest BCUT2D eigenvalue weighted by atomic mass is 14.7. The molecule has 56 valence electrons. The van der Waals surface area contributed by atoms with Crippen molar-refractivity contribution in [2.45, 2.75) is 6.92 Å². The molecule has 1 aromatic rings. The molecular formula is C10H11N. The predicted molar refractivity (Wildman–Crippen MR) is 48.1 cm³/mol. The summed E-state index contributed by atoms with van der Waals surface area (Å²) in [5, 5.41) is 0. The van der Waals surface area contributed by atoms with Crippen LogP contribution in [0.3, 0.4) is 0 Å². The molecule has 0 radical (unpaired) electrons. The molecule has 0 N–H and O–H groups in total. The number of aromatic nitrogens is 1. The second-order valence-corrected chi connectivity index (χ2v) is 2.30. The van der Waals surface area contributed by atoms with Gasteiger partial charge in [-0.15, -0.1) is 0 Å². The molecule has 0 unspecified atom stereocenters. The Bertz CT molecular complexity index is 259. The fourth-order valence-corrected chi connectivity index (χ4v) is 0.858. The third-order valence-electron chi connectivity index (χ3n) is 1.44. The van der Waals surface area contributed by atoms with Gasteiger partial charge >= 0.3 is 0 Å². The van der Waals surface area contributed by atoms with Crippen molar-refractivity contribution in [1.82, 2.24) is 4.98 Å². The third-order valence-corrected chi connectivity index (χ3v) is 1.44. The Kier molecular flexibility index (Phi) is 2.61. The minimum atomic E-state index is 1.01. The summed E-state index contributed by atoms with van der Waals surface area (Å²) >= 11 is 0. The number of hydrogen-bond acceptors (Lipinski definition) is 1. The maximum atomic E-state index is 4.18. The van der Waals surface area contributed by atoms with Crippen LogP contribution in [-0.2, 0) is 0 Å². The van der Waals surface area contributed by atoms with Gasteiger partial charge < -0.3 is 0 Å². The summed E-state index contributed by atoms with van der Waals surface area (Å²) in [5.74, 6) is 0. The van der Waals surface area contributed by atoms with Gasteiger partial charge in [-0.3, -0.25) is 4.98 Å². The van der Waals surface area contributed by atoms with E-state index in [1.165, 1.54) is 0 Å². The Labute approximate surface area is 67.1 Å². The molecule has 0 aromatic carbocycles. The largest absolute Gasteiger partial charge is 0.257 e. The van der Waals surface area contributed by atoms with Crippen molar-refractivity contribution in [3.05, 3.63) is 48.8 Å². The van der Waals surface area contributed by atoms with Crippen molar-refractivity contribution in [3.63, 3.8) is 0 Å². The van der Waals surface area contributed by atoms with Gasteiger partial charge in [-0.05, 0) is 24.6 Å². The molecular weight excluding hydrogens is 134 g/mol. The zero-order valence-electron chi connectivity index (χ0n) is 6.62. The summed E-state index contributed by atoms with van der Waals surface area (Å²) in [7, 11) is 0. The van der Waals surface area contributed by atoms with E-state index >= 15 is 0 Å². The number of pyridine rings is 1. The Hall–Kier alpha value is -1.37. The quantitative estimate of drug-likeness (QED) is 0.583. The summed E-state index contributed by atoms with van der Waals surface area (Å²) in [4.78, 5) is 4.18. The molecule has 0 aliphatic heterocycles. The molecule has 1 heteroatoms. The second-order valence-electron chi connectivity index (χ2n) is 2.30. The normalized spacial score (nSPS) is 11.2. The van der Waals surface area contributed by atoms with Crippen LogP contribution in [0.4, 0.5) is 0 Å². The van der Waals surface area contributed by atoms with Crippen LogP contribution >= 0.6 is 0 Å². The first-order valence-corrected chi connectivity index (χ1v) is 3.55. The van der Waals surface area contributed by atoms with Crippen molar-refractivity contribution in [3.8, 4) is 0 Å². The molecule has 0 aliphatic rings. The van der Waals surface area contributed by atoms with Gasteiger partial charge in [0.1, 0.15) is 0 Å². The minimum absolute atomic E-state index is 1.01. The molecule has 0 bridgehead atoms. The number of rotatable bonds is 2. The molecule has 0 saturated heterocycles. The van der Waals surface area contributed by atoms with E-state index in [2.05, 4.69) is 11.6 Å². The Balaban J connectivity index is 2.94. The summed E-state index contributed by atoms with van der Waals surface area (Å²) in [6, 6.07) is 5.86. The highest BCUT2D eigenvalue weighted by molar-refractivity contribution is 5.61. The monoisotopic (exact) mass is 145 g/mol. The first kappa shape index (κ1) is 7.73. The topological polar surface area (TPSA) is 12.9 Å². The van der Waals surface area contributed by atoms with Crippen LogP contribution in [0.2, 0.25) is 0 Å². The van der Waals surface area contributed by atoms with E-state index in [1.54, 1.807) is 12.3 Å². The maximum Gasteiger partial charge on any atom is 0.0658 e. The lowest BCUT2D eigenvalue weighted by Crippen LogP contribution is -1.82. The minimum Gasteiger partial charge on any atom is -0.257 e. The molecule has 1 rings (SSSR count). The lowest BCUT2D eigenvalue weighted by atomic mass is 10.2. The molecule has 0 fully saturated rings. The van der Waals surface area contributed by atoms with E-state index in [9.17, 15) is 0 Å². The maximum absolute atomic E-state index is 4.18. The Morgan fingerprint density at radius 3 is 2.91 bits per heavy atom. The second kappa shape index (κ2) is 3.71. The van der Waals surface area contributed by atoms with Gasteiger partial charge in [0.2, 0.25) is 0 Å². The van der Waals surface area contributed by atoms with Gasteiger partial charge in [0.15, 0.2) is 0 Å². The van der Waals surface area contributed by atoms with Crippen LogP contribution in [0.5, 0.6) is 0 Å². The van der Waals surface area contributed by atoms with E-state index in [-0.39, 0.29) is 0 Å². The van der Waals surface area contributed by atoms with Gasteiger partial charge in [0.05, 0.1) is 5.69 Å². The predicted octanol–water partition coefficient (Wildman–Crippen LogP) is 2.67. The Morgan fingerprint density at radius 2 is 2.36 bits per heavy atom. The van der Waals surface area contributed by atoms with Crippen LogP contribution in [-0.4, -0.2) is 4.98 Å². The summed E-state index contributed by atoms with van der Waals surface area (Å²) in [6.07, 6.45) is 5.50. The van der Waals surface area contributed by atoms with Crippen LogP contribution in [0.15, 0.2) is 43.1 Å². The standard InChI is InChI=1S/C10H11N/c1-3-6-9(2)10-7-4-5-8-11-10/h3-8H,1H2,2H3/b9-6+. The first-order chi connectivity index (χ1) is 5.34. The fraction of sp³-hybridized carbons (Fsp3) is 0.100. The van der Waals surface area contributed by atoms with Gasteiger partial charge in [0, 0.05) is 6.20 Å². The highest BCUT2D eigenvalue weighted by Gasteiger charge is 1.91. The molecule has 1 heterocycles. The molecule has 0 spiro atoms. The van der Waals surface area contributed by atoms with Gasteiger partial charge in [0.25, 0.3) is 0 Å². The average Bonchev–Trinajstić information content (AvgIpc) is 2.07. The van der Waals surface area contributed by atoms with Gasteiger partial charge in [-0.25, -0.2) is 0 Å². The molecule has 0 atom stereocenters. The van der Waals surface area contributed by atoms with Crippen LogP contribution in [0.1, 0.15) is 12.6 Å². The molecule has 1 nitrogen and oxygen atoms in total. The summed E-state index contributed by atoms with van der Waals surface area (Å²) in [5.41, 5.74) is 2.15. The smallest absolute Gasteiger partial charge is 0.0658 e. The SMILES string of the molecule is C=C/C=C(\C)c1ccccn1. The number of allylic oxidation sites excluding steroid dienone is 3. The molecule has 11 heavy (non-hydrogen) atoms. The van der Waals surface area contributed by atoms with Crippen LogP contribution in [0, 0.1) is 0 Å². The van der Waals surface area contributed by atoms with E-state index in [4.69, 9.17) is 0 Å². The number of hydrogen-bond donors (Lipinski definition) is 0. The van der Waals surface area contributed by atoms with Crippen molar-refractivity contribution in [2.24, 2.45) is 0 Å². The third kappa shape index (κ3) is 2.04. The summed E-state index contributed by atoms with van der Waals surface area (Å²) < 4.78 is 0. The van der Waals surface area contributed by atoms with Crippen LogP contribution < -0.4 is 0 Å². The lowest BCUT2D eigenvalue weighted by Gasteiger charge is -1.96. The first-order valence-electron chi connectivity index (χ1n) is 3.55. The number of nitrogens with zero attached hydrogens (tertiary/aromatic N) is 1. The molecule has 0 aliphatic carbocycles. The molecule has 0 amide bonds. The van der Waals surface area contributed by atoms with Gasteiger partial charge in [-0.2, -0.15) is 0 Å². The van der Waals surface area contributed by atoms with Crippen molar-refractivity contribution >= 4 is 5.57 Å². The van der Waals surface area contributed by atoms with E-state index in [0.717, 1.165) is 11.3 Å².